The number of nitrogens with zero attached hydrogens (tertiary/aromatic N) is 2. The number of nitro groups is 1. The van der Waals surface area contributed by atoms with Crippen LogP contribution in [0.4, 0.5) is 5.69 Å². The van der Waals surface area contributed by atoms with Gasteiger partial charge in [0.25, 0.3) is 5.69 Å². The van der Waals surface area contributed by atoms with Crippen LogP contribution in [0.25, 0.3) is 12.2 Å². The average molecular weight is 298 g/mol. The molecule has 0 saturated carbocycles. The van der Waals surface area contributed by atoms with Crippen LogP contribution in [-0.4, -0.2) is 23.0 Å². The Balaban J connectivity index is 2.39. The highest BCUT2D eigenvalue weighted by atomic mass is 16.6. The maximum absolute atomic E-state index is 11.7. The van der Waals surface area contributed by atoms with Gasteiger partial charge in [0, 0.05) is 6.07 Å². The second-order valence-corrected chi connectivity index (χ2v) is 4.62. The normalized spacial score (nSPS) is 10.6. The van der Waals surface area contributed by atoms with E-state index >= 15 is 0 Å². The summed E-state index contributed by atoms with van der Waals surface area (Å²) in [6, 6.07) is 8.94. The lowest BCUT2D eigenvalue weighted by Crippen LogP contribution is -2.06. The molecule has 0 fully saturated rings. The number of benzene rings is 1. The van der Waals surface area contributed by atoms with E-state index in [2.05, 4.69) is 9.72 Å². The SMILES string of the molecule is COC(=O)c1cc([N+](=O)[O-])cnc1C=Cc1ccc(C)cc1. The van der Waals surface area contributed by atoms with Gasteiger partial charge in [0.1, 0.15) is 6.20 Å². The first kappa shape index (κ1) is 15.4. The maximum atomic E-state index is 11.7. The molecule has 0 bridgehead atoms. The highest BCUT2D eigenvalue weighted by molar-refractivity contribution is 5.94. The summed E-state index contributed by atoms with van der Waals surface area (Å²) in [7, 11) is 1.22. The van der Waals surface area contributed by atoms with Crippen LogP contribution in [0.15, 0.2) is 36.5 Å². The van der Waals surface area contributed by atoms with E-state index < -0.39 is 10.9 Å². The van der Waals surface area contributed by atoms with Crippen molar-refractivity contribution in [2.24, 2.45) is 0 Å². The van der Waals surface area contributed by atoms with E-state index in [9.17, 15) is 14.9 Å². The molecule has 0 aliphatic heterocycles. The number of aromatic nitrogens is 1. The summed E-state index contributed by atoms with van der Waals surface area (Å²) in [6.45, 7) is 1.99. The summed E-state index contributed by atoms with van der Waals surface area (Å²) in [5, 5.41) is 10.8. The minimum atomic E-state index is -0.667. The second kappa shape index (κ2) is 6.62. The van der Waals surface area contributed by atoms with Crippen molar-refractivity contribution in [1.29, 1.82) is 0 Å². The van der Waals surface area contributed by atoms with Crippen molar-refractivity contribution in [3.63, 3.8) is 0 Å². The molecule has 0 N–H and O–H groups in total. The molecular formula is C16H14N2O4. The van der Waals surface area contributed by atoms with Crippen molar-refractivity contribution in [3.05, 3.63) is 69.0 Å². The number of hydrogen-bond acceptors (Lipinski definition) is 5. The molecular weight excluding hydrogens is 284 g/mol. The lowest BCUT2D eigenvalue weighted by molar-refractivity contribution is -0.385. The fraction of sp³-hybridized carbons (Fsp3) is 0.125. The molecule has 1 aromatic carbocycles. The Kier molecular flexibility index (Phi) is 4.63. The number of carbonyl (C=O) groups excluding carboxylic acids is 1. The number of aryl methyl sites for hydroxylation is 1. The number of carbonyl (C=O) groups is 1. The molecule has 1 heterocycles. The van der Waals surface area contributed by atoms with Crippen LogP contribution >= 0.6 is 0 Å². The van der Waals surface area contributed by atoms with Crippen LogP contribution < -0.4 is 0 Å². The Morgan fingerprint density at radius 3 is 2.55 bits per heavy atom. The molecule has 6 heteroatoms. The molecule has 0 unspecified atom stereocenters. The highest BCUT2D eigenvalue weighted by Crippen LogP contribution is 2.18. The van der Waals surface area contributed by atoms with Gasteiger partial charge in [-0.1, -0.05) is 35.9 Å². The summed E-state index contributed by atoms with van der Waals surface area (Å²) in [6.07, 6.45) is 4.52. The summed E-state index contributed by atoms with van der Waals surface area (Å²) < 4.78 is 4.64. The molecule has 112 valence electrons. The number of ether oxygens (including phenoxy) is 1. The van der Waals surface area contributed by atoms with Gasteiger partial charge in [-0.05, 0) is 18.6 Å². The van der Waals surface area contributed by atoms with Gasteiger partial charge in [0.15, 0.2) is 0 Å². The zero-order valence-electron chi connectivity index (χ0n) is 12.1. The molecule has 0 amide bonds. The first-order chi connectivity index (χ1) is 10.5. The monoisotopic (exact) mass is 298 g/mol. The first-order valence-corrected chi connectivity index (χ1v) is 6.49. The van der Waals surface area contributed by atoms with Crippen LogP contribution in [-0.2, 0) is 4.74 Å². The van der Waals surface area contributed by atoms with Gasteiger partial charge in [-0.3, -0.25) is 10.1 Å². The van der Waals surface area contributed by atoms with Crippen molar-refractivity contribution in [1.82, 2.24) is 4.98 Å². The molecule has 2 aromatic rings. The number of methoxy groups -OCH3 is 1. The van der Waals surface area contributed by atoms with Crippen molar-refractivity contribution < 1.29 is 14.5 Å². The lowest BCUT2D eigenvalue weighted by atomic mass is 10.1. The zero-order valence-corrected chi connectivity index (χ0v) is 12.1. The highest BCUT2D eigenvalue weighted by Gasteiger charge is 2.17. The summed E-state index contributed by atoms with van der Waals surface area (Å²) >= 11 is 0. The van der Waals surface area contributed by atoms with Gasteiger partial charge in [0.05, 0.1) is 23.3 Å². The van der Waals surface area contributed by atoms with E-state index in [0.29, 0.717) is 5.69 Å². The van der Waals surface area contributed by atoms with E-state index in [-0.39, 0.29) is 11.3 Å². The van der Waals surface area contributed by atoms with Crippen molar-refractivity contribution in [2.75, 3.05) is 7.11 Å². The van der Waals surface area contributed by atoms with Gasteiger partial charge >= 0.3 is 5.97 Å². The quantitative estimate of drug-likeness (QED) is 0.491. The fourth-order valence-corrected chi connectivity index (χ4v) is 1.82. The van der Waals surface area contributed by atoms with Crippen LogP contribution in [0.3, 0.4) is 0 Å². The van der Waals surface area contributed by atoms with E-state index in [0.717, 1.165) is 23.4 Å². The minimum absolute atomic E-state index is 0.0556. The van der Waals surface area contributed by atoms with E-state index in [1.807, 2.05) is 31.2 Å². The molecule has 0 aliphatic rings. The largest absolute Gasteiger partial charge is 0.465 e. The van der Waals surface area contributed by atoms with E-state index in [4.69, 9.17) is 0 Å². The molecule has 0 spiro atoms. The molecule has 0 aliphatic carbocycles. The second-order valence-electron chi connectivity index (χ2n) is 4.62. The molecule has 1 aromatic heterocycles. The fourth-order valence-electron chi connectivity index (χ4n) is 1.82. The van der Waals surface area contributed by atoms with Crippen LogP contribution in [0.2, 0.25) is 0 Å². The third-order valence-electron chi connectivity index (χ3n) is 3.03. The predicted molar refractivity (Wildman–Crippen MR) is 82.3 cm³/mol. The summed E-state index contributed by atoms with van der Waals surface area (Å²) in [4.78, 5) is 25.9. The third-order valence-corrected chi connectivity index (χ3v) is 3.03. The molecule has 0 atom stereocenters. The van der Waals surface area contributed by atoms with E-state index in [1.54, 1.807) is 12.2 Å². The zero-order chi connectivity index (χ0) is 16.1. The number of pyridine rings is 1. The van der Waals surface area contributed by atoms with Crippen LogP contribution in [0.1, 0.15) is 27.2 Å². The average Bonchev–Trinajstić information content (AvgIpc) is 2.53. The number of hydrogen-bond donors (Lipinski definition) is 0. The number of esters is 1. The standard InChI is InChI=1S/C16H14N2O4/c1-11-3-5-12(6-4-11)7-8-15-14(16(19)22-2)9-13(10-17-15)18(20)21/h3-10H,1-2H3. The van der Waals surface area contributed by atoms with Gasteiger partial charge < -0.3 is 4.74 Å². The Morgan fingerprint density at radius 2 is 1.95 bits per heavy atom. The molecule has 0 saturated heterocycles. The smallest absolute Gasteiger partial charge is 0.340 e. The predicted octanol–water partition coefficient (Wildman–Crippen LogP) is 3.26. The number of rotatable bonds is 4. The van der Waals surface area contributed by atoms with E-state index in [1.165, 1.54) is 7.11 Å². The van der Waals surface area contributed by atoms with Gasteiger partial charge in [0.2, 0.25) is 0 Å². The topological polar surface area (TPSA) is 82.3 Å². The van der Waals surface area contributed by atoms with Crippen molar-refractivity contribution in [3.8, 4) is 0 Å². The van der Waals surface area contributed by atoms with Crippen LogP contribution in [0, 0.1) is 17.0 Å². The molecule has 22 heavy (non-hydrogen) atoms. The van der Waals surface area contributed by atoms with Gasteiger partial charge in [-0.25, -0.2) is 9.78 Å². The van der Waals surface area contributed by atoms with Crippen LogP contribution in [0.5, 0.6) is 0 Å². The summed E-state index contributed by atoms with van der Waals surface area (Å²) in [5.74, 6) is -0.667. The molecule has 0 radical (unpaired) electrons. The Bertz CT molecular complexity index is 736. The Hall–Kier alpha value is -3.02. The minimum Gasteiger partial charge on any atom is -0.465 e. The maximum Gasteiger partial charge on any atom is 0.340 e. The third kappa shape index (κ3) is 3.54. The van der Waals surface area contributed by atoms with Gasteiger partial charge in [-0.2, -0.15) is 0 Å². The summed E-state index contributed by atoms with van der Waals surface area (Å²) in [5.41, 5.74) is 2.19. The lowest BCUT2D eigenvalue weighted by Gasteiger charge is -2.03. The molecule has 6 nitrogen and oxygen atoms in total. The van der Waals surface area contributed by atoms with Crippen molar-refractivity contribution >= 4 is 23.8 Å². The molecule has 2 rings (SSSR count). The Labute approximate surface area is 127 Å². The van der Waals surface area contributed by atoms with Crippen molar-refractivity contribution in [2.45, 2.75) is 6.92 Å². The Morgan fingerprint density at radius 1 is 1.27 bits per heavy atom. The first-order valence-electron chi connectivity index (χ1n) is 6.49. The van der Waals surface area contributed by atoms with Gasteiger partial charge in [-0.15, -0.1) is 0 Å².